The van der Waals surface area contributed by atoms with Gasteiger partial charge in [0.15, 0.2) is 0 Å². The molecule has 8 nitrogen and oxygen atoms in total. The molecule has 0 bridgehead atoms. The molecule has 182 valence electrons. The molecular weight excluding hydrogens is 478 g/mol. The number of fused-ring (bicyclic) bond motifs is 1. The van der Waals surface area contributed by atoms with Gasteiger partial charge < -0.3 is 20.1 Å². The summed E-state index contributed by atoms with van der Waals surface area (Å²) >= 11 is 6.07. The standard InChI is InChI=1S/C27H24ClN5O3/c1-17-24(26(34)32-22-8-3-4-9-23(22)35-2)25(33-27(31-17)29-16-30-33)19-10-12-21(13-11-19)36-15-18-6-5-7-20(28)14-18/h3-14,16,25H,15H2,1-2H3,(H,32,34)(H,29,30,31). The molecule has 4 aromatic rings. The summed E-state index contributed by atoms with van der Waals surface area (Å²) in [6.07, 6.45) is 1.46. The normalized spacial score (nSPS) is 14.6. The first-order valence-corrected chi connectivity index (χ1v) is 11.7. The second kappa shape index (κ2) is 10.1. The number of carbonyl (C=O) groups excluding carboxylic acids is 1. The minimum atomic E-state index is -0.486. The number of nitrogens with zero attached hydrogens (tertiary/aromatic N) is 3. The average molecular weight is 502 g/mol. The van der Waals surface area contributed by atoms with Gasteiger partial charge in [-0.05, 0) is 54.4 Å². The predicted molar refractivity (Wildman–Crippen MR) is 138 cm³/mol. The van der Waals surface area contributed by atoms with E-state index in [1.165, 1.54) is 6.33 Å². The molecule has 0 saturated carbocycles. The maximum absolute atomic E-state index is 13.6. The number of aromatic nitrogens is 3. The van der Waals surface area contributed by atoms with Gasteiger partial charge in [0, 0.05) is 10.7 Å². The SMILES string of the molecule is COc1ccccc1NC(=O)C1=C(C)Nc2ncnn2C1c1ccc(OCc2cccc(Cl)c2)cc1. The fourth-order valence-corrected chi connectivity index (χ4v) is 4.38. The zero-order valence-electron chi connectivity index (χ0n) is 19.7. The molecule has 1 aliphatic heterocycles. The maximum atomic E-state index is 13.6. The van der Waals surface area contributed by atoms with Crippen molar-refractivity contribution in [2.75, 3.05) is 17.7 Å². The van der Waals surface area contributed by atoms with E-state index in [-0.39, 0.29) is 5.91 Å². The van der Waals surface area contributed by atoms with E-state index in [1.807, 2.05) is 67.6 Å². The molecule has 0 aliphatic carbocycles. The smallest absolute Gasteiger partial charge is 0.255 e. The predicted octanol–water partition coefficient (Wildman–Crippen LogP) is 5.45. The first-order chi connectivity index (χ1) is 17.5. The number of benzene rings is 3. The van der Waals surface area contributed by atoms with Gasteiger partial charge in [-0.1, -0.05) is 48.0 Å². The van der Waals surface area contributed by atoms with Crippen LogP contribution in [-0.4, -0.2) is 27.8 Å². The van der Waals surface area contributed by atoms with Gasteiger partial charge in [0.2, 0.25) is 5.95 Å². The second-order valence-electron chi connectivity index (χ2n) is 8.24. The van der Waals surface area contributed by atoms with Crippen molar-refractivity contribution in [3.05, 3.63) is 107 Å². The van der Waals surface area contributed by atoms with E-state index >= 15 is 0 Å². The maximum Gasteiger partial charge on any atom is 0.255 e. The van der Waals surface area contributed by atoms with E-state index in [9.17, 15) is 4.79 Å². The highest BCUT2D eigenvalue weighted by molar-refractivity contribution is 6.30. The van der Waals surface area contributed by atoms with Crippen LogP contribution in [0.5, 0.6) is 11.5 Å². The zero-order valence-corrected chi connectivity index (χ0v) is 20.5. The molecule has 2 N–H and O–H groups in total. The summed E-state index contributed by atoms with van der Waals surface area (Å²) in [7, 11) is 1.57. The Morgan fingerprint density at radius 2 is 1.92 bits per heavy atom. The number of carbonyl (C=O) groups is 1. The summed E-state index contributed by atoms with van der Waals surface area (Å²) < 4.78 is 13.0. The van der Waals surface area contributed by atoms with E-state index in [1.54, 1.807) is 23.9 Å². The monoisotopic (exact) mass is 501 g/mol. The molecule has 0 spiro atoms. The van der Waals surface area contributed by atoms with Crippen LogP contribution < -0.4 is 20.1 Å². The van der Waals surface area contributed by atoms with Crippen LogP contribution in [-0.2, 0) is 11.4 Å². The number of amides is 1. The Labute approximate surface area is 213 Å². The van der Waals surface area contributed by atoms with Crippen molar-refractivity contribution in [2.45, 2.75) is 19.6 Å². The van der Waals surface area contributed by atoms with Crippen molar-refractivity contribution in [1.82, 2.24) is 14.8 Å². The Hall–Kier alpha value is -4.30. The van der Waals surface area contributed by atoms with Crippen molar-refractivity contribution in [2.24, 2.45) is 0 Å². The van der Waals surface area contributed by atoms with Crippen LogP contribution in [0.25, 0.3) is 0 Å². The fourth-order valence-electron chi connectivity index (χ4n) is 4.17. The van der Waals surface area contributed by atoms with Crippen molar-refractivity contribution < 1.29 is 14.3 Å². The largest absolute Gasteiger partial charge is 0.495 e. The highest BCUT2D eigenvalue weighted by Gasteiger charge is 2.33. The topological polar surface area (TPSA) is 90.3 Å². The van der Waals surface area contributed by atoms with Crippen LogP contribution >= 0.6 is 11.6 Å². The summed E-state index contributed by atoms with van der Waals surface area (Å²) in [4.78, 5) is 17.8. The Morgan fingerprint density at radius 3 is 2.69 bits per heavy atom. The van der Waals surface area contributed by atoms with E-state index in [0.29, 0.717) is 46.0 Å². The Balaban J connectivity index is 1.42. The van der Waals surface area contributed by atoms with Gasteiger partial charge in [0.1, 0.15) is 30.5 Å². The molecule has 0 fully saturated rings. The summed E-state index contributed by atoms with van der Waals surface area (Å²) in [5, 5.41) is 11.2. The molecule has 0 radical (unpaired) electrons. The molecule has 5 rings (SSSR count). The van der Waals surface area contributed by atoms with Crippen LogP contribution in [0.3, 0.4) is 0 Å². The molecule has 36 heavy (non-hydrogen) atoms. The molecule has 3 aromatic carbocycles. The molecule has 2 heterocycles. The Morgan fingerprint density at radius 1 is 1.11 bits per heavy atom. The van der Waals surface area contributed by atoms with Crippen molar-refractivity contribution in [3.8, 4) is 11.5 Å². The molecule has 1 unspecified atom stereocenters. The fraction of sp³-hybridized carbons (Fsp3) is 0.148. The van der Waals surface area contributed by atoms with Crippen LogP contribution in [0.1, 0.15) is 24.1 Å². The van der Waals surface area contributed by atoms with Gasteiger partial charge in [-0.2, -0.15) is 10.1 Å². The second-order valence-corrected chi connectivity index (χ2v) is 8.67. The molecule has 1 amide bonds. The van der Waals surface area contributed by atoms with Gasteiger partial charge in [0.05, 0.1) is 18.4 Å². The number of halogens is 1. The van der Waals surface area contributed by atoms with Crippen LogP contribution in [0.4, 0.5) is 11.6 Å². The zero-order chi connectivity index (χ0) is 25.1. The van der Waals surface area contributed by atoms with Crippen molar-refractivity contribution in [1.29, 1.82) is 0 Å². The minimum Gasteiger partial charge on any atom is -0.495 e. The highest BCUT2D eigenvalue weighted by Crippen LogP contribution is 2.36. The summed E-state index contributed by atoms with van der Waals surface area (Å²) in [5.74, 6) is 1.57. The van der Waals surface area contributed by atoms with Gasteiger partial charge in [-0.3, -0.25) is 4.79 Å². The van der Waals surface area contributed by atoms with Gasteiger partial charge >= 0.3 is 0 Å². The lowest BCUT2D eigenvalue weighted by molar-refractivity contribution is -0.113. The quantitative estimate of drug-likeness (QED) is 0.350. The average Bonchev–Trinajstić information content (AvgIpc) is 3.35. The molecule has 9 heteroatoms. The number of hydrogen-bond donors (Lipinski definition) is 2. The van der Waals surface area contributed by atoms with Crippen LogP contribution in [0.2, 0.25) is 5.02 Å². The third-order valence-corrected chi connectivity index (χ3v) is 6.12. The molecular formula is C27H24ClN5O3. The number of allylic oxidation sites excluding steroid dienone is 1. The third kappa shape index (κ3) is 4.76. The number of nitrogens with one attached hydrogen (secondary N) is 2. The summed E-state index contributed by atoms with van der Waals surface area (Å²) in [6, 6.07) is 22.0. The lowest BCUT2D eigenvalue weighted by Crippen LogP contribution is -2.31. The lowest BCUT2D eigenvalue weighted by atomic mass is 9.95. The Bertz CT molecular complexity index is 1430. The Kier molecular flexibility index (Phi) is 6.60. The molecule has 1 aromatic heterocycles. The minimum absolute atomic E-state index is 0.267. The summed E-state index contributed by atoms with van der Waals surface area (Å²) in [5.41, 5.74) is 3.63. The highest BCUT2D eigenvalue weighted by atomic mass is 35.5. The van der Waals surface area contributed by atoms with E-state index < -0.39 is 6.04 Å². The van der Waals surface area contributed by atoms with Gasteiger partial charge in [-0.25, -0.2) is 4.68 Å². The number of para-hydroxylation sites is 2. The number of anilines is 2. The number of methoxy groups -OCH3 is 1. The van der Waals surface area contributed by atoms with Crippen LogP contribution in [0, 0.1) is 0 Å². The molecule has 1 aliphatic rings. The third-order valence-electron chi connectivity index (χ3n) is 5.88. The van der Waals surface area contributed by atoms with Gasteiger partial charge in [0.25, 0.3) is 5.91 Å². The number of hydrogen-bond acceptors (Lipinski definition) is 6. The van der Waals surface area contributed by atoms with E-state index in [4.69, 9.17) is 21.1 Å². The number of ether oxygens (including phenoxy) is 2. The molecule has 0 saturated heterocycles. The number of rotatable bonds is 7. The van der Waals surface area contributed by atoms with Gasteiger partial charge in [-0.15, -0.1) is 0 Å². The van der Waals surface area contributed by atoms with Crippen molar-refractivity contribution in [3.63, 3.8) is 0 Å². The first kappa shape index (κ1) is 23.4. The van der Waals surface area contributed by atoms with E-state index in [0.717, 1.165) is 11.1 Å². The summed E-state index contributed by atoms with van der Waals surface area (Å²) in [6.45, 7) is 2.25. The molecule has 1 atom stereocenters. The van der Waals surface area contributed by atoms with E-state index in [2.05, 4.69) is 20.7 Å². The van der Waals surface area contributed by atoms with Crippen LogP contribution in [0.15, 0.2) is 90.4 Å². The lowest BCUT2D eigenvalue weighted by Gasteiger charge is -2.29. The first-order valence-electron chi connectivity index (χ1n) is 11.3. The van der Waals surface area contributed by atoms with Crippen molar-refractivity contribution >= 4 is 29.1 Å².